The fraction of sp³-hybridized carbons (Fsp3) is 0.448. The van der Waals surface area contributed by atoms with Crippen LogP contribution >= 0.6 is 11.3 Å². The van der Waals surface area contributed by atoms with Crippen LogP contribution in [0.5, 0.6) is 0 Å². The number of sulfone groups is 1. The highest BCUT2D eigenvalue weighted by atomic mass is 32.2. The maximum atomic E-state index is 14.3. The summed E-state index contributed by atoms with van der Waals surface area (Å²) in [5, 5.41) is 15.6. The number of hydrogen-bond acceptors (Lipinski definition) is 10. The molecule has 234 valence electrons. The summed E-state index contributed by atoms with van der Waals surface area (Å²) < 4.78 is 61.8. The average Bonchev–Trinajstić information content (AvgIpc) is 3.62. The Balaban J connectivity index is 1.45. The molecule has 1 saturated heterocycles. The summed E-state index contributed by atoms with van der Waals surface area (Å²) in [6, 6.07) is 6.30. The normalized spacial score (nSPS) is 17.3. The van der Waals surface area contributed by atoms with Gasteiger partial charge in [0, 0.05) is 48.1 Å². The number of nitrogens with zero attached hydrogens (tertiary/aromatic N) is 4. The number of aromatic nitrogens is 4. The lowest BCUT2D eigenvalue weighted by atomic mass is 10.2. The van der Waals surface area contributed by atoms with Crippen LogP contribution in [-0.4, -0.2) is 58.4 Å². The van der Waals surface area contributed by atoms with E-state index in [4.69, 9.17) is 9.84 Å². The van der Waals surface area contributed by atoms with Crippen molar-refractivity contribution in [1.82, 2.24) is 19.5 Å². The number of aryl methyl sites for hydroxylation is 1. The summed E-state index contributed by atoms with van der Waals surface area (Å²) in [4.78, 5) is 26.8. The number of amides is 1. The fourth-order valence-corrected chi connectivity index (χ4v) is 7.01. The minimum absolute atomic E-state index is 0.0280. The number of halogens is 2. The summed E-state index contributed by atoms with van der Waals surface area (Å²) in [5.41, 5.74) is 1.18. The van der Waals surface area contributed by atoms with Crippen molar-refractivity contribution >= 4 is 55.4 Å². The molecule has 3 aromatic heterocycles. The predicted molar refractivity (Wildman–Crippen MR) is 162 cm³/mol. The molecule has 3 N–H and O–H groups in total. The molecule has 1 aromatic carbocycles. The van der Waals surface area contributed by atoms with E-state index >= 15 is 0 Å². The van der Waals surface area contributed by atoms with Crippen molar-refractivity contribution in [2.45, 2.75) is 62.5 Å². The van der Waals surface area contributed by atoms with Crippen LogP contribution < -0.4 is 10.6 Å². The van der Waals surface area contributed by atoms with Crippen LogP contribution in [0.1, 0.15) is 61.9 Å². The van der Waals surface area contributed by atoms with Crippen molar-refractivity contribution in [3.63, 3.8) is 0 Å². The molecular weight excluding hydrogens is 614 g/mol. The van der Waals surface area contributed by atoms with Crippen LogP contribution in [0.2, 0.25) is 0 Å². The molecule has 0 bridgehead atoms. The quantitative estimate of drug-likeness (QED) is 0.189. The number of rotatable bonds is 11. The Morgan fingerprint density at radius 2 is 2.00 bits per heavy atom. The fourth-order valence-electron chi connectivity index (χ4n) is 5.20. The third-order valence-corrected chi connectivity index (χ3v) is 9.79. The van der Waals surface area contributed by atoms with E-state index in [0.717, 1.165) is 36.8 Å². The molecule has 2 aliphatic rings. The number of alkyl halides is 2. The molecule has 2 fully saturated rings. The predicted octanol–water partition coefficient (Wildman–Crippen LogP) is 5.61. The molecule has 1 unspecified atom stereocenters. The van der Waals surface area contributed by atoms with Gasteiger partial charge in [0.2, 0.25) is 5.91 Å². The zero-order chi connectivity index (χ0) is 31.0. The number of benzene rings is 1. The number of ether oxygens (including phenoxy) is 1. The lowest BCUT2D eigenvalue weighted by Gasteiger charge is -2.25. The minimum atomic E-state index is -3.78. The van der Waals surface area contributed by atoms with E-state index in [0.29, 0.717) is 36.4 Å². The molecule has 1 atom stereocenters. The first-order valence-corrected chi connectivity index (χ1v) is 17.1. The number of carbonyl (C=O) groups excluding carboxylic acids is 1. The van der Waals surface area contributed by atoms with E-state index in [2.05, 4.69) is 25.6 Å². The van der Waals surface area contributed by atoms with E-state index in [1.54, 1.807) is 18.3 Å². The van der Waals surface area contributed by atoms with Gasteiger partial charge in [0.25, 0.3) is 6.43 Å². The largest absolute Gasteiger partial charge is 0.396 e. The SMILES string of the molecule is CS(=O)(=O)c1cc(-c2ncc(CCCO)s2)ccc1Nc1cc(NC(=O)C2CC2)nc2c1nc(C(F)F)n2C1CCCCO1. The highest BCUT2D eigenvalue weighted by Gasteiger charge is 2.32. The average molecular weight is 647 g/mol. The Morgan fingerprint density at radius 3 is 2.68 bits per heavy atom. The van der Waals surface area contributed by atoms with E-state index in [9.17, 15) is 22.0 Å². The summed E-state index contributed by atoms with van der Waals surface area (Å²) in [6.45, 7) is 0.465. The van der Waals surface area contributed by atoms with Crippen molar-refractivity contribution in [1.29, 1.82) is 0 Å². The smallest absolute Gasteiger partial charge is 0.295 e. The van der Waals surface area contributed by atoms with Crippen LogP contribution in [0.25, 0.3) is 21.7 Å². The van der Waals surface area contributed by atoms with Gasteiger partial charge in [-0.25, -0.2) is 32.2 Å². The zero-order valence-electron chi connectivity index (χ0n) is 23.9. The molecule has 0 radical (unpaired) electrons. The second-order valence-corrected chi connectivity index (χ2v) is 14.1. The first kappa shape index (κ1) is 30.5. The molecule has 0 spiro atoms. The second-order valence-electron chi connectivity index (χ2n) is 11.0. The standard InChI is InChI=1S/C29H32F2N6O5S2/c1-44(40,41)21-13-17(29-32-15-18(43-29)5-4-11-38)9-10-19(21)33-20-14-22(35-28(39)16-7-8-16)34-26-24(20)36-27(25(30)31)37(26)23-6-2-3-12-42-23/h9-10,13-16,23,25,38H,2-8,11-12H2,1H3,(H2,33,34,35,39). The lowest BCUT2D eigenvalue weighted by Crippen LogP contribution is -2.21. The molecule has 6 rings (SSSR count). The van der Waals surface area contributed by atoms with E-state index in [1.807, 2.05) is 0 Å². The molecule has 15 heteroatoms. The summed E-state index contributed by atoms with van der Waals surface area (Å²) in [6.07, 6.45) is 4.00. The van der Waals surface area contributed by atoms with Gasteiger partial charge in [0.05, 0.1) is 16.3 Å². The number of fused-ring (bicyclic) bond motifs is 1. The van der Waals surface area contributed by atoms with Crippen LogP contribution in [0.3, 0.4) is 0 Å². The Morgan fingerprint density at radius 1 is 1.18 bits per heavy atom. The number of aliphatic hydroxyl groups excluding tert-OH is 1. The number of hydrogen-bond donors (Lipinski definition) is 3. The molecular formula is C29H32F2N6O5S2. The molecule has 44 heavy (non-hydrogen) atoms. The van der Waals surface area contributed by atoms with Crippen LogP contribution in [0, 0.1) is 5.92 Å². The Bertz CT molecular complexity index is 1800. The third kappa shape index (κ3) is 6.46. The number of anilines is 3. The maximum Gasteiger partial charge on any atom is 0.295 e. The van der Waals surface area contributed by atoms with Gasteiger partial charge in [-0.15, -0.1) is 11.3 Å². The van der Waals surface area contributed by atoms with E-state index in [1.165, 1.54) is 28.0 Å². The first-order chi connectivity index (χ1) is 21.1. The van der Waals surface area contributed by atoms with Gasteiger partial charge in [-0.05, 0) is 63.1 Å². The van der Waals surface area contributed by atoms with Gasteiger partial charge in [0.1, 0.15) is 22.6 Å². The van der Waals surface area contributed by atoms with Crippen molar-refractivity contribution in [2.75, 3.05) is 30.1 Å². The Kier molecular flexibility index (Phi) is 8.64. The van der Waals surface area contributed by atoms with Crippen molar-refractivity contribution < 1.29 is 31.8 Å². The number of aliphatic hydroxyl groups is 1. The molecule has 1 saturated carbocycles. The Labute approximate surface area is 256 Å². The number of thiazole rings is 1. The zero-order valence-corrected chi connectivity index (χ0v) is 25.6. The van der Waals surface area contributed by atoms with Gasteiger partial charge in [0.15, 0.2) is 21.3 Å². The lowest BCUT2D eigenvalue weighted by molar-refractivity contribution is -0.117. The Hall–Kier alpha value is -3.53. The molecule has 4 heterocycles. The van der Waals surface area contributed by atoms with Gasteiger partial charge in [-0.3, -0.25) is 9.36 Å². The molecule has 1 aliphatic carbocycles. The number of imidazole rings is 1. The van der Waals surface area contributed by atoms with Crippen LogP contribution in [0.15, 0.2) is 35.4 Å². The van der Waals surface area contributed by atoms with Gasteiger partial charge < -0.3 is 20.5 Å². The summed E-state index contributed by atoms with van der Waals surface area (Å²) in [5.74, 6) is -0.746. The summed E-state index contributed by atoms with van der Waals surface area (Å²) in [7, 11) is -3.78. The van der Waals surface area contributed by atoms with E-state index in [-0.39, 0.29) is 51.7 Å². The van der Waals surface area contributed by atoms with Crippen molar-refractivity contribution in [3.8, 4) is 10.6 Å². The highest BCUT2D eigenvalue weighted by Crippen LogP contribution is 2.39. The third-order valence-electron chi connectivity index (χ3n) is 7.55. The number of nitrogens with one attached hydrogen (secondary N) is 2. The minimum Gasteiger partial charge on any atom is -0.396 e. The monoisotopic (exact) mass is 646 g/mol. The molecule has 4 aromatic rings. The van der Waals surface area contributed by atoms with Gasteiger partial charge in [-0.1, -0.05) is 0 Å². The summed E-state index contributed by atoms with van der Waals surface area (Å²) >= 11 is 1.41. The molecule has 1 amide bonds. The molecule has 11 nitrogen and oxygen atoms in total. The maximum absolute atomic E-state index is 14.3. The van der Waals surface area contributed by atoms with Gasteiger partial charge in [-0.2, -0.15) is 0 Å². The molecule has 1 aliphatic heterocycles. The van der Waals surface area contributed by atoms with Crippen LogP contribution in [-0.2, 0) is 25.8 Å². The number of carbonyl (C=O) groups is 1. The first-order valence-electron chi connectivity index (χ1n) is 14.4. The highest BCUT2D eigenvalue weighted by molar-refractivity contribution is 7.90. The van der Waals surface area contributed by atoms with Crippen LogP contribution in [0.4, 0.5) is 26.0 Å². The van der Waals surface area contributed by atoms with E-state index < -0.39 is 28.3 Å². The second kappa shape index (κ2) is 12.5. The van der Waals surface area contributed by atoms with Gasteiger partial charge >= 0.3 is 0 Å². The van der Waals surface area contributed by atoms with Crippen molar-refractivity contribution in [2.24, 2.45) is 5.92 Å². The topological polar surface area (TPSA) is 148 Å². The number of pyridine rings is 1. The van der Waals surface area contributed by atoms with Crippen molar-refractivity contribution in [3.05, 3.63) is 41.2 Å².